The van der Waals surface area contributed by atoms with Crippen molar-refractivity contribution in [3.8, 4) is 16.9 Å². The lowest BCUT2D eigenvalue weighted by Gasteiger charge is -2.15. The van der Waals surface area contributed by atoms with Gasteiger partial charge >= 0.3 is 0 Å². The number of amides is 1. The number of nitrogens with one attached hydrogen (secondary N) is 1. The first-order chi connectivity index (χ1) is 13.2. The Hall–Kier alpha value is -2.63. The van der Waals surface area contributed by atoms with Crippen LogP contribution in [0, 0.1) is 12.8 Å². The summed E-state index contributed by atoms with van der Waals surface area (Å²) in [4.78, 5) is 13.0. The summed E-state index contributed by atoms with van der Waals surface area (Å²) in [6.07, 6.45) is 4.08. The first kappa shape index (κ1) is 20.1. The predicted molar refractivity (Wildman–Crippen MR) is 114 cm³/mol. The minimum Gasteiger partial charge on any atom is -0.348 e. The van der Waals surface area contributed by atoms with Crippen LogP contribution in [-0.2, 0) is 0 Å². The van der Waals surface area contributed by atoms with Gasteiger partial charge < -0.3 is 11.1 Å². The highest BCUT2D eigenvalue weighted by Gasteiger charge is 2.32. The summed E-state index contributed by atoms with van der Waals surface area (Å²) in [5, 5.41) is 7.83. The monoisotopic (exact) mass is 396 g/mol. The van der Waals surface area contributed by atoms with Crippen LogP contribution in [0.5, 0.6) is 0 Å². The average Bonchev–Trinajstić information content (AvgIpc) is 3.45. The van der Waals surface area contributed by atoms with Gasteiger partial charge in [-0.3, -0.25) is 4.79 Å². The van der Waals surface area contributed by atoms with Gasteiger partial charge in [0.2, 0.25) is 0 Å². The summed E-state index contributed by atoms with van der Waals surface area (Å²) < 4.78 is 1.77. The third-order valence-electron chi connectivity index (χ3n) is 5.07. The van der Waals surface area contributed by atoms with Crippen molar-refractivity contribution in [2.45, 2.75) is 25.8 Å². The number of aromatic nitrogens is 2. The number of aryl methyl sites for hydroxylation is 1. The third-order valence-corrected chi connectivity index (χ3v) is 5.07. The van der Waals surface area contributed by atoms with Crippen LogP contribution in [0.4, 0.5) is 0 Å². The average molecular weight is 397 g/mol. The number of rotatable bonds is 6. The molecule has 1 heterocycles. The van der Waals surface area contributed by atoms with Crippen LogP contribution in [0.3, 0.4) is 0 Å². The summed E-state index contributed by atoms with van der Waals surface area (Å²) in [6.45, 7) is 2.51. The van der Waals surface area contributed by atoms with Crippen LogP contribution < -0.4 is 11.1 Å². The van der Waals surface area contributed by atoms with Crippen LogP contribution >= 0.6 is 12.4 Å². The van der Waals surface area contributed by atoms with Crippen LogP contribution in [0.1, 0.15) is 28.8 Å². The summed E-state index contributed by atoms with van der Waals surface area (Å²) in [5.41, 5.74) is 10.1. The molecule has 1 aliphatic rings. The Bertz CT molecular complexity index is 933. The molecule has 3 N–H and O–H groups in total. The topological polar surface area (TPSA) is 72.9 Å². The second-order valence-electron chi connectivity index (χ2n) is 7.19. The minimum atomic E-state index is -0.116. The molecule has 0 bridgehead atoms. The normalized spacial score (nSPS) is 14.2. The van der Waals surface area contributed by atoms with Gasteiger partial charge in [0, 0.05) is 24.3 Å². The fourth-order valence-corrected chi connectivity index (χ4v) is 3.29. The van der Waals surface area contributed by atoms with E-state index in [1.54, 1.807) is 4.68 Å². The van der Waals surface area contributed by atoms with Gasteiger partial charge in [-0.1, -0.05) is 48.0 Å². The van der Waals surface area contributed by atoms with E-state index in [1.165, 1.54) is 5.56 Å². The molecule has 0 saturated heterocycles. The number of carbonyl (C=O) groups is 1. The van der Waals surface area contributed by atoms with Gasteiger partial charge in [-0.2, -0.15) is 5.10 Å². The van der Waals surface area contributed by atoms with E-state index in [9.17, 15) is 4.79 Å². The fraction of sp³-hybridized carbons (Fsp3) is 0.273. The molecule has 6 heteroatoms. The summed E-state index contributed by atoms with van der Waals surface area (Å²) >= 11 is 0. The van der Waals surface area contributed by atoms with Crippen molar-refractivity contribution in [3.63, 3.8) is 0 Å². The van der Waals surface area contributed by atoms with E-state index in [0.29, 0.717) is 23.7 Å². The van der Waals surface area contributed by atoms with E-state index in [4.69, 9.17) is 10.8 Å². The Kier molecular flexibility index (Phi) is 6.17. The molecule has 0 spiro atoms. The minimum absolute atomic E-state index is 0. The van der Waals surface area contributed by atoms with Gasteiger partial charge in [0.1, 0.15) is 5.69 Å². The van der Waals surface area contributed by atoms with E-state index in [-0.39, 0.29) is 24.4 Å². The van der Waals surface area contributed by atoms with Crippen LogP contribution in [0.25, 0.3) is 16.9 Å². The molecule has 28 heavy (non-hydrogen) atoms. The maximum atomic E-state index is 13.0. The lowest BCUT2D eigenvalue weighted by Crippen LogP contribution is -2.41. The van der Waals surface area contributed by atoms with E-state index in [0.717, 1.165) is 24.1 Å². The third kappa shape index (κ3) is 4.26. The van der Waals surface area contributed by atoms with Crippen molar-refractivity contribution in [2.24, 2.45) is 11.7 Å². The molecule has 1 aliphatic carbocycles. The first-order valence-electron chi connectivity index (χ1n) is 9.39. The zero-order valence-electron chi connectivity index (χ0n) is 15.8. The number of carbonyl (C=O) groups excluding carboxylic acids is 1. The molecule has 3 aromatic rings. The second kappa shape index (κ2) is 8.59. The first-order valence-corrected chi connectivity index (χ1v) is 9.39. The molecule has 1 unspecified atom stereocenters. The van der Waals surface area contributed by atoms with Gasteiger partial charge in [-0.25, -0.2) is 4.68 Å². The van der Waals surface area contributed by atoms with Crippen LogP contribution in [0.15, 0.2) is 60.8 Å². The van der Waals surface area contributed by atoms with Crippen molar-refractivity contribution in [1.29, 1.82) is 0 Å². The van der Waals surface area contributed by atoms with Crippen molar-refractivity contribution >= 4 is 18.3 Å². The summed E-state index contributed by atoms with van der Waals surface area (Å²) in [5.74, 6) is 0.390. The number of nitrogens with two attached hydrogens (primary N) is 1. The molecule has 4 rings (SSSR count). The van der Waals surface area contributed by atoms with E-state index < -0.39 is 0 Å². The highest BCUT2D eigenvalue weighted by atomic mass is 35.5. The molecule has 0 aliphatic heterocycles. The maximum Gasteiger partial charge on any atom is 0.255 e. The molecule has 5 nitrogen and oxygen atoms in total. The van der Waals surface area contributed by atoms with Crippen molar-refractivity contribution in [3.05, 3.63) is 71.9 Å². The van der Waals surface area contributed by atoms with Gasteiger partial charge in [-0.05, 0) is 37.8 Å². The predicted octanol–water partition coefficient (Wildman–Crippen LogP) is 3.74. The lowest BCUT2D eigenvalue weighted by molar-refractivity contribution is 0.0934. The van der Waals surface area contributed by atoms with E-state index in [2.05, 4.69) is 5.32 Å². The van der Waals surface area contributed by atoms with Crippen molar-refractivity contribution < 1.29 is 4.79 Å². The number of hydrogen-bond donors (Lipinski definition) is 2. The highest BCUT2D eigenvalue weighted by molar-refractivity contribution is 6.00. The molecule has 1 fully saturated rings. The Balaban J connectivity index is 0.00000225. The van der Waals surface area contributed by atoms with Gasteiger partial charge in [0.05, 0.1) is 11.3 Å². The van der Waals surface area contributed by atoms with Crippen LogP contribution in [0.2, 0.25) is 0 Å². The zero-order valence-corrected chi connectivity index (χ0v) is 16.7. The molecule has 1 aromatic heterocycles. The van der Waals surface area contributed by atoms with Crippen molar-refractivity contribution in [1.82, 2.24) is 15.1 Å². The maximum absolute atomic E-state index is 13.0. The quantitative estimate of drug-likeness (QED) is 0.666. The van der Waals surface area contributed by atoms with Gasteiger partial charge in [0.15, 0.2) is 0 Å². The molecule has 146 valence electrons. The Morgan fingerprint density at radius 2 is 1.86 bits per heavy atom. The number of nitrogens with zero attached hydrogens (tertiary/aromatic N) is 2. The molecular weight excluding hydrogens is 372 g/mol. The molecule has 2 aromatic carbocycles. The standard InChI is InChI=1S/C22H24N4O.ClH/c1-15-7-11-18(12-8-15)26-14-19(21(25-26)17-5-3-2-4-6-17)22(27)24-20(13-23)16-9-10-16;/h2-8,11-12,14,16,20H,9-10,13,23H2,1H3,(H,24,27);1H. The van der Waals surface area contributed by atoms with Gasteiger partial charge in [-0.15, -0.1) is 12.4 Å². The Labute approximate surface area is 171 Å². The number of benzene rings is 2. The largest absolute Gasteiger partial charge is 0.348 e. The summed E-state index contributed by atoms with van der Waals surface area (Å²) in [7, 11) is 0. The van der Waals surface area contributed by atoms with E-state index >= 15 is 0 Å². The smallest absolute Gasteiger partial charge is 0.255 e. The zero-order chi connectivity index (χ0) is 18.8. The van der Waals surface area contributed by atoms with Gasteiger partial charge in [0.25, 0.3) is 5.91 Å². The number of hydrogen-bond acceptors (Lipinski definition) is 3. The van der Waals surface area contributed by atoms with E-state index in [1.807, 2.05) is 67.7 Å². The molecule has 1 saturated carbocycles. The molecular formula is C22H25ClN4O. The lowest BCUT2D eigenvalue weighted by atomic mass is 10.1. The fourth-order valence-electron chi connectivity index (χ4n) is 3.29. The highest BCUT2D eigenvalue weighted by Crippen LogP contribution is 2.32. The van der Waals surface area contributed by atoms with Crippen molar-refractivity contribution in [2.75, 3.05) is 6.54 Å². The summed E-state index contributed by atoms with van der Waals surface area (Å²) in [6, 6.07) is 17.9. The molecule has 1 atom stereocenters. The Morgan fingerprint density at radius 1 is 1.18 bits per heavy atom. The number of halogens is 1. The van der Waals surface area contributed by atoms with Crippen LogP contribution in [-0.4, -0.2) is 28.3 Å². The Morgan fingerprint density at radius 3 is 2.46 bits per heavy atom. The SMILES string of the molecule is Cc1ccc(-n2cc(C(=O)NC(CN)C3CC3)c(-c3ccccc3)n2)cc1.Cl. The molecule has 0 radical (unpaired) electrons. The molecule has 1 amide bonds. The second-order valence-corrected chi connectivity index (χ2v) is 7.19.